The number of benzene rings is 1. The normalized spacial score (nSPS) is 10.5. The maximum atomic E-state index is 5.58. The van der Waals surface area contributed by atoms with E-state index in [0.717, 1.165) is 17.7 Å². The summed E-state index contributed by atoms with van der Waals surface area (Å²) < 4.78 is 10.9. The van der Waals surface area contributed by atoms with E-state index in [9.17, 15) is 0 Å². The van der Waals surface area contributed by atoms with Gasteiger partial charge >= 0.3 is 0 Å². The standard InChI is InChI=1S/C12H13ClN2O2/c1-9-14-15-12(17-9)10-4-2-5-11(8-10)16-7-3-6-13/h2,4-5,8H,3,6-7H2,1H3. The molecule has 90 valence electrons. The molecular formula is C12H13ClN2O2. The zero-order chi connectivity index (χ0) is 12.1. The highest BCUT2D eigenvalue weighted by Crippen LogP contribution is 2.22. The van der Waals surface area contributed by atoms with Gasteiger partial charge in [0.15, 0.2) is 0 Å². The largest absolute Gasteiger partial charge is 0.494 e. The maximum absolute atomic E-state index is 5.58. The van der Waals surface area contributed by atoms with Crippen molar-refractivity contribution >= 4 is 11.6 Å². The second kappa shape index (κ2) is 5.68. The zero-order valence-corrected chi connectivity index (χ0v) is 10.3. The van der Waals surface area contributed by atoms with Gasteiger partial charge in [0.2, 0.25) is 11.8 Å². The van der Waals surface area contributed by atoms with Crippen molar-refractivity contribution in [3.05, 3.63) is 30.2 Å². The van der Waals surface area contributed by atoms with Crippen LogP contribution in [-0.2, 0) is 0 Å². The number of halogens is 1. The van der Waals surface area contributed by atoms with E-state index in [0.29, 0.717) is 24.3 Å². The minimum Gasteiger partial charge on any atom is -0.494 e. The molecule has 0 atom stereocenters. The van der Waals surface area contributed by atoms with E-state index in [4.69, 9.17) is 20.8 Å². The summed E-state index contributed by atoms with van der Waals surface area (Å²) in [7, 11) is 0. The fourth-order valence-electron chi connectivity index (χ4n) is 1.38. The lowest BCUT2D eigenvalue weighted by molar-refractivity contribution is 0.318. The minimum atomic E-state index is 0.505. The highest BCUT2D eigenvalue weighted by Gasteiger charge is 2.06. The summed E-state index contributed by atoms with van der Waals surface area (Å²) in [5, 5.41) is 7.75. The van der Waals surface area contributed by atoms with Crippen LogP contribution in [0, 0.1) is 6.92 Å². The number of aromatic nitrogens is 2. The summed E-state index contributed by atoms with van der Waals surface area (Å²) in [6.07, 6.45) is 0.825. The number of hydrogen-bond acceptors (Lipinski definition) is 4. The smallest absolute Gasteiger partial charge is 0.247 e. The van der Waals surface area contributed by atoms with E-state index in [-0.39, 0.29) is 0 Å². The predicted molar refractivity (Wildman–Crippen MR) is 65.3 cm³/mol. The third-order valence-corrected chi connectivity index (χ3v) is 2.42. The van der Waals surface area contributed by atoms with Gasteiger partial charge in [-0.15, -0.1) is 21.8 Å². The van der Waals surface area contributed by atoms with Gasteiger partial charge < -0.3 is 9.15 Å². The Balaban J connectivity index is 2.11. The molecule has 5 heteroatoms. The molecule has 0 aliphatic rings. The summed E-state index contributed by atoms with van der Waals surface area (Å²) >= 11 is 5.58. The van der Waals surface area contributed by atoms with Crippen LogP contribution in [-0.4, -0.2) is 22.7 Å². The predicted octanol–water partition coefficient (Wildman–Crippen LogP) is 3.05. The average molecular weight is 253 g/mol. The third kappa shape index (κ3) is 3.20. The molecule has 1 aromatic carbocycles. The van der Waals surface area contributed by atoms with Gasteiger partial charge in [-0.2, -0.15) is 0 Å². The summed E-state index contributed by atoms with van der Waals surface area (Å²) in [6.45, 7) is 2.37. The molecule has 0 spiro atoms. The number of rotatable bonds is 5. The van der Waals surface area contributed by atoms with Crippen LogP contribution in [0.4, 0.5) is 0 Å². The summed E-state index contributed by atoms with van der Waals surface area (Å²) in [5.41, 5.74) is 0.856. The van der Waals surface area contributed by atoms with Crippen LogP contribution in [0.2, 0.25) is 0 Å². The first-order chi connectivity index (χ1) is 8.29. The van der Waals surface area contributed by atoms with E-state index >= 15 is 0 Å². The van der Waals surface area contributed by atoms with Crippen molar-refractivity contribution in [3.8, 4) is 17.2 Å². The Kier molecular flexibility index (Phi) is 3.98. The van der Waals surface area contributed by atoms with Crippen LogP contribution in [0.25, 0.3) is 11.5 Å². The molecule has 2 rings (SSSR count). The van der Waals surface area contributed by atoms with Crippen LogP contribution in [0.5, 0.6) is 5.75 Å². The molecule has 0 aliphatic heterocycles. The van der Waals surface area contributed by atoms with Gasteiger partial charge in [-0.3, -0.25) is 0 Å². The van der Waals surface area contributed by atoms with Crippen LogP contribution >= 0.6 is 11.6 Å². The van der Waals surface area contributed by atoms with Crippen LogP contribution < -0.4 is 4.74 Å². The lowest BCUT2D eigenvalue weighted by Gasteiger charge is -2.05. The Morgan fingerprint density at radius 3 is 2.94 bits per heavy atom. The van der Waals surface area contributed by atoms with Crippen LogP contribution in [0.3, 0.4) is 0 Å². The van der Waals surface area contributed by atoms with Crippen LogP contribution in [0.1, 0.15) is 12.3 Å². The Morgan fingerprint density at radius 1 is 1.35 bits per heavy atom. The minimum absolute atomic E-state index is 0.505. The fraction of sp³-hybridized carbons (Fsp3) is 0.333. The first-order valence-electron chi connectivity index (χ1n) is 5.39. The van der Waals surface area contributed by atoms with Crippen molar-refractivity contribution in [3.63, 3.8) is 0 Å². The SMILES string of the molecule is Cc1nnc(-c2cccc(OCCCCl)c2)o1. The number of hydrogen-bond donors (Lipinski definition) is 0. The van der Waals surface area contributed by atoms with E-state index < -0.39 is 0 Å². The highest BCUT2D eigenvalue weighted by atomic mass is 35.5. The quantitative estimate of drug-likeness (QED) is 0.606. The molecule has 17 heavy (non-hydrogen) atoms. The molecule has 0 aliphatic carbocycles. The average Bonchev–Trinajstić information content (AvgIpc) is 2.77. The van der Waals surface area contributed by atoms with Crippen molar-refractivity contribution < 1.29 is 9.15 Å². The van der Waals surface area contributed by atoms with Crippen molar-refractivity contribution in [1.82, 2.24) is 10.2 Å². The fourth-order valence-corrected chi connectivity index (χ4v) is 1.49. The monoisotopic (exact) mass is 252 g/mol. The van der Waals surface area contributed by atoms with Gasteiger partial charge in [0.05, 0.1) is 6.61 Å². The van der Waals surface area contributed by atoms with Crippen molar-refractivity contribution in [1.29, 1.82) is 0 Å². The van der Waals surface area contributed by atoms with Gasteiger partial charge in [-0.1, -0.05) is 6.07 Å². The zero-order valence-electron chi connectivity index (χ0n) is 9.52. The second-order valence-corrected chi connectivity index (χ2v) is 3.92. The van der Waals surface area contributed by atoms with Crippen molar-refractivity contribution in [2.24, 2.45) is 0 Å². The first-order valence-corrected chi connectivity index (χ1v) is 5.92. The Bertz CT molecular complexity index is 485. The van der Waals surface area contributed by atoms with Crippen LogP contribution in [0.15, 0.2) is 28.7 Å². The molecule has 2 aromatic rings. The first kappa shape index (κ1) is 11.9. The van der Waals surface area contributed by atoms with Gasteiger partial charge in [0, 0.05) is 18.4 Å². The van der Waals surface area contributed by atoms with Gasteiger partial charge in [0.1, 0.15) is 5.75 Å². The molecule has 0 fully saturated rings. The van der Waals surface area contributed by atoms with Gasteiger partial charge in [0.25, 0.3) is 0 Å². The van der Waals surface area contributed by atoms with E-state index in [1.165, 1.54) is 0 Å². The Morgan fingerprint density at radius 2 is 2.24 bits per heavy atom. The molecule has 0 saturated heterocycles. The second-order valence-electron chi connectivity index (χ2n) is 3.55. The van der Waals surface area contributed by atoms with Crippen molar-refractivity contribution in [2.45, 2.75) is 13.3 Å². The van der Waals surface area contributed by atoms with Gasteiger partial charge in [-0.25, -0.2) is 0 Å². The number of aryl methyl sites for hydroxylation is 1. The topological polar surface area (TPSA) is 48.2 Å². The molecule has 0 amide bonds. The number of ether oxygens (including phenoxy) is 1. The van der Waals surface area contributed by atoms with Gasteiger partial charge in [-0.05, 0) is 24.6 Å². The molecule has 1 aromatic heterocycles. The lowest BCUT2D eigenvalue weighted by atomic mass is 10.2. The molecule has 0 saturated carbocycles. The summed E-state index contributed by atoms with van der Waals surface area (Å²) in [5.74, 6) is 2.44. The molecular weight excluding hydrogens is 240 g/mol. The molecule has 0 radical (unpaired) electrons. The summed E-state index contributed by atoms with van der Waals surface area (Å²) in [6, 6.07) is 7.56. The van der Waals surface area contributed by atoms with E-state index in [1.54, 1.807) is 6.92 Å². The number of nitrogens with zero attached hydrogens (tertiary/aromatic N) is 2. The Hall–Kier alpha value is -1.55. The highest BCUT2D eigenvalue weighted by molar-refractivity contribution is 6.17. The third-order valence-electron chi connectivity index (χ3n) is 2.15. The molecule has 0 unspecified atom stereocenters. The molecule has 4 nitrogen and oxygen atoms in total. The van der Waals surface area contributed by atoms with E-state index in [1.807, 2.05) is 24.3 Å². The number of alkyl halides is 1. The van der Waals surface area contributed by atoms with Crippen molar-refractivity contribution in [2.75, 3.05) is 12.5 Å². The molecule has 0 bridgehead atoms. The molecule has 0 N–H and O–H groups in total. The maximum Gasteiger partial charge on any atom is 0.247 e. The molecule has 1 heterocycles. The summed E-state index contributed by atoms with van der Waals surface area (Å²) in [4.78, 5) is 0. The Labute approximate surface area is 105 Å². The lowest BCUT2D eigenvalue weighted by Crippen LogP contribution is -1.97. The van der Waals surface area contributed by atoms with E-state index in [2.05, 4.69) is 10.2 Å².